The summed E-state index contributed by atoms with van der Waals surface area (Å²) in [6.45, 7) is 2.87. The van der Waals surface area contributed by atoms with Crippen LogP contribution in [-0.4, -0.2) is 48.3 Å². The topological polar surface area (TPSA) is 59.0 Å². The summed E-state index contributed by atoms with van der Waals surface area (Å²) in [5.41, 5.74) is 0.213. The van der Waals surface area contributed by atoms with E-state index in [0.717, 1.165) is 5.56 Å². The molecule has 1 heterocycles. The first kappa shape index (κ1) is 21.4. The number of amides is 1. The second-order valence-corrected chi connectivity index (χ2v) is 7.85. The van der Waals surface area contributed by atoms with Crippen molar-refractivity contribution >= 4 is 17.5 Å². The zero-order chi connectivity index (χ0) is 21.0. The molecule has 1 N–H and O–H groups in total. The molecular formula is C22H25ClFNO4. The third-order valence-corrected chi connectivity index (χ3v) is 5.50. The number of hydrogen-bond acceptors (Lipinski definition) is 4. The number of ether oxygens (including phenoxy) is 2. The van der Waals surface area contributed by atoms with Gasteiger partial charge in [-0.05, 0) is 62.1 Å². The minimum Gasteiger partial charge on any atom is -0.494 e. The average Bonchev–Trinajstić information content (AvgIpc) is 2.90. The first-order valence-corrected chi connectivity index (χ1v) is 9.93. The molecular weight excluding hydrogens is 397 g/mol. The molecule has 0 spiro atoms. The summed E-state index contributed by atoms with van der Waals surface area (Å²) in [5.74, 6) is -0.212. The van der Waals surface area contributed by atoms with Crippen LogP contribution in [0.15, 0.2) is 36.4 Å². The zero-order valence-electron chi connectivity index (χ0n) is 16.6. The predicted molar refractivity (Wildman–Crippen MR) is 109 cm³/mol. The highest BCUT2D eigenvalue weighted by Gasteiger charge is 2.33. The summed E-state index contributed by atoms with van der Waals surface area (Å²) in [5, 5.41) is 11.5. The standard InChI is InChI=1S/C22H25ClFNO4/c1-15-4-6-17(23)20(12-15)29-14-22(27)8-3-10-25(11-9-22)21(26)16-5-7-19(28-2)18(24)13-16/h4-7,12-13,27H,3,8-11,14H2,1-2H3. The fourth-order valence-corrected chi connectivity index (χ4v) is 3.61. The fraction of sp³-hybridized carbons (Fsp3) is 0.409. The maximum absolute atomic E-state index is 13.9. The molecule has 0 radical (unpaired) electrons. The summed E-state index contributed by atoms with van der Waals surface area (Å²) in [4.78, 5) is 14.4. The van der Waals surface area contributed by atoms with Gasteiger partial charge in [-0.2, -0.15) is 0 Å². The summed E-state index contributed by atoms with van der Waals surface area (Å²) in [6.07, 6.45) is 1.48. The van der Waals surface area contributed by atoms with Crippen LogP contribution in [0.25, 0.3) is 0 Å². The van der Waals surface area contributed by atoms with Gasteiger partial charge in [-0.1, -0.05) is 17.7 Å². The Hall–Kier alpha value is -2.31. The molecule has 1 atom stereocenters. The predicted octanol–water partition coefficient (Wildman–Crippen LogP) is 4.23. The second-order valence-electron chi connectivity index (χ2n) is 7.44. The van der Waals surface area contributed by atoms with Gasteiger partial charge in [-0.15, -0.1) is 0 Å². The number of aliphatic hydroxyl groups is 1. The summed E-state index contributed by atoms with van der Waals surface area (Å²) in [6, 6.07) is 9.65. The number of halogens is 2. The molecule has 2 aromatic rings. The smallest absolute Gasteiger partial charge is 0.253 e. The summed E-state index contributed by atoms with van der Waals surface area (Å²) < 4.78 is 24.6. The monoisotopic (exact) mass is 421 g/mol. The van der Waals surface area contributed by atoms with Gasteiger partial charge in [0.05, 0.1) is 12.1 Å². The Morgan fingerprint density at radius 1 is 1.21 bits per heavy atom. The lowest BCUT2D eigenvalue weighted by Gasteiger charge is -2.27. The van der Waals surface area contributed by atoms with E-state index in [0.29, 0.717) is 43.1 Å². The average molecular weight is 422 g/mol. The van der Waals surface area contributed by atoms with Crippen LogP contribution < -0.4 is 9.47 Å². The van der Waals surface area contributed by atoms with E-state index in [1.54, 1.807) is 17.0 Å². The number of aryl methyl sites for hydroxylation is 1. The van der Waals surface area contributed by atoms with E-state index in [1.165, 1.54) is 19.2 Å². The molecule has 0 aromatic heterocycles. The number of rotatable bonds is 5. The van der Waals surface area contributed by atoms with Gasteiger partial charge >= 0.3 is 0 Å². The number of carbonyl (C=O) groups is 1. The van der Waals surface area contributed by atoms with Crippen LogP contribution in [0.5, 0.6) is 11.5 Å². The normalized spacial score (nSPS) is 19.6. The van der Waals surface area contributed by atoms with Crippen molar-refractivity contribution in [3.63, 3.8) is 0 Å². The molecule has 29 heavy (non-hydrogen) atoms. The molecule has 1 unspecified atom stereocenters. The Labute approximate surface area is 175 Å². The highest BCUT2D eigenvalue weighted by atomic mass is 35.5. The van der Waals surface area contributed by atoms with Gasteiger partial charge in [0.2, 0.25) is 0 Å². The van der Waals surface area contributed by atoms with Crippen molar-refractivity contribution in [3.05, 3.63) is 58.4 Å². The van der Waals surface area contributed by atoms with Gasteiger partial charge in [0.15, 0.2) is 11.6 Å². The Morgan fingerprint density at radius 2 is 2.00 bits per heavy atom. The molecule has 0 aliphatic carbocycles. The van der Waals surface area contributed by atoms with E-state index in [9.17, 15) is 14.3 Å². The van der Waals surface area contributed by atoms with Crippen molar-refractivity contribution < 1.29 is 23.8 Å². The molecule has 1 aliphatic rings. The van der Waals surface area contributed by atoms with E-state index < -0.39 is 11.4 Å². The largest absolute Gasteiger partial charge is 0.494 e. The number of nitrogens with zero attached hydrogens (tertiary/aromatic N) is 1. The molecule has 1 saturated heterocycles. The molecule has 7 heteroatoms. The van der Waals surface area contributed by atoms with Crippen molar-refractivity contribution in [2.24, 2.45) is 0 Å². The maximum Gasteiger partial charge on any atom is 0.253 e. The van der Waals surface area contributed by atoms with Crippen LogP contribution in [-0.2, 0) is 0 Å². The molecule has 1 amide bonds. The molecule has 0 bridgehead atoms. The lowest BCUT2D eigenvalue weighted by atomic mass is 9.96. The van der Waals surface area contributed by atoms with Crippen molar-refractivity contribution in [1.82, 2.24) is 4.90 Å². The number of methoxy groups -OCH3 is 1. The number of hydrogen-bond donors (Lipinski definition) is 1. The Bertz CT molecular complexity index is 891. The first-order chi connectivity index (χ1) is 13.8. The molecule has 0 saturated carbocycles. The zero-order valence-corrected chi connectivity index (χ0v) is 17.3. The number of benzene rings is 2. The molecule has 1 aliphatic heterocycles. The lowest BCUT2D eigenvalue weighted by molar-refractivity contribution is -0.0163. The molecule has 156 valence electrons. The first-order valence-electron chi connectivity index (χ1n) is 9.55. The van der Waals surface area contributed by atoms with Gasteiger partial charge < -0.3 is 19.5 Å². The fourth-order valence-electron chi connectivity index (χ4n) is 3.44. The van der Waals surface area contributed by atoms with Gasteiger partial charge in [0.1, 0.15) is 18.0 Å². The minimum atomic E-state index is -1.06. The van der Waals surface area contributed by atoms with E-state index >= 15 is 0 Å². The molecule has 1 fully saturated rings. The molecule has 5 nitrogen and oxygen atoms in total. The van der Waals surface area contributed by atoms with Crippen LogP contribution in [0.4, 0.5) is 4.39 Å². The van der Waals surface area contributed by atoms with Crippen molar-refractivity contribution in [2.75, 3.05) is 26.8 Å². The third-order valence-electron chi connectivity index (χ3n) is 5.19. The van der Waals surface area contributed by atoms with Crippen LogP contribution in [0.1, 0.15) is 35.2 Å². The van der Waals surface area contributed by atoms with E-state index in [4.69, 9.17) is 21.1 Å². The lowest BCUT2D eigenvalue weighted by Crippen LogP contribution is -2.38. The van der Waals surface area contributed by atoms with E-state index in [1.807, 2.05) is 19.1 Å². The minimum absolute atomic E-state index is 0.0926. The van der Waals surface area contributed by atoms with Gasteiger partial charge in [0, 0.05) is 18.7 Å². The van der Waals surface area contributed by atoms with Crippen LogP contribution in [0, 0.1) is 12.7 Å². The maximum atomic E-state index is 13.9. The Balaban J connectivity index is 1.63. The van der Waals surface area contributed by atoms with Crippen molar-refractivity contribution in [1.29, 1.82) is 0 Å². The van der Waals surface area contributed by atoms with Crippen LogP contribution in [0.2, 0.25) is 5.02 Å². The summed E-state index contributed by atoms with van der Waals surface area (Å²) >= 11 is 6.16. The number of carbonyl (C=O) groups excluding carboxylic acids is 1. The summed E-state index contributed by atoms with van der Waals surface area (Å²) in [7, 11) is 1.38. The second kappa shape index (κ2) is 9.01. The Morgan fingerprint density at radius 3 is 2.72 bits per heavy atom. The van der Waals surface area contributed by atoms with Crippen LogP contribution in [0.3, 0.4) is 0 Å². The highest BCUT2D eigenvalue weighted by molar-refractivity contribution is 6.32. The Kier molecular flexibility index (Phi) is 6.65. The van der Waals surface area contributed by atoms with Gasteiger partial charge in [0.25, 0.3) is 5.91 Å². The molecule has 2 aromatic carbocycles. The van der Waals surface area contributed by atoms with Gasteiger partial charge in [-0.3, -0.25) is 4.79 Å². The highest BCUT2D eigenvalue weighted by Crippen LogP contribution is 2.29. The van der Waals surface area contributed by atoms with E-state index in [2.05, 4.69) is 0 Å². The van der Waals surface area contributed by atoms with Crippen molar-refractivity contribution in [3.8, 4) is 11.5 Å². The quantitative estimate of drug-likeness (QED) is 0.784. The van der Waals surface area contributed by atoms with Crippen molar-refractivity contribution in [2.45, 2.75) is 31.8 Å². The SMILES string of the molecule is COc1ccc(C(=O)N2CCCC(O)(COc3cc(C)ccc3Cl)CC2)cc1F. The van der Waals surface area contributed by atoms with E-state index in [-0.39, 0.29) is 23.8 Å². The number of likely N-dealkylation sites (tertiary alicyclic amines) is 1. The molecule has 3 rings (SSSR count). The van der Waals surface area contributed by atoms with Crippen LogP contribution >= 0.6 is 11.6 Å². The van der Waals surface area contributed by atoms with Gasteiger partial charge in [-0.25, -0.2) is 4.39 Å². The third kappa shape index (κ3) is 5.19.